The average molecular weight is 941 g/mol. The number of phenols is 1. The number of amides is 7. The summed E-state index contributed by atoms with van der Waals surface area (Å²) >= 11 is 0. The third-order valence-corrected chi connectivity index (χ3v) is 12.2. The summed E-state index contributed by atoms with van der Waals surface area (Å²) in [5.41, 5.74) is 7.06. The summed E-state index contributed by atoms with van der Waals surface area (Å²) in [6.07, 6.45) is 4.34. The molecular formula is C46H72N10O11. The zero-order chi connectivity index (χ0) is 50.1. The predicted molar refractivity (Wildman–Crippen MR) is 246 cm³/mol. The van der Waals surface area contributed by atoms with Gasteiger partial charge in [0.25, 0.3) is 0 Å². The molecule has 2 aromatic rings. The van der Waals surface area contributed by atoms with E-state index < -0.39 is 108 Å². The molecule has 0 aliphatic carbocycles. The van der Waals surface area contributed by atoms with Gasteiger partial charge in [-0.1, -0.05) is 80.4 Å². The lowest BCUT2D eigenvalue weighted by atomic mass is 9.97. The first-order valence-corrected chi connectivity index (χ1v) is 23.1. The summed E-state index contributed by atoms with van der Waals surface area (Å²) < 4.78 is 0. The second-order valence-electron chi connectivity index (χ2n) is 18.2. The molecule has 21 nitrogen and oxygen atoms in total. The van der Waals surface area contributed by atoms with Gasteiger partial charge in [-0.05, 0) is 60.6 Å². The number of nitrogens with one attached hydrogen (secondary N) is 7. The van der Waals surface area contributed by atoms with Gasteiger partial charge in [0, 0.05) is 31.3 Å². The Bertz CT molecular complexity index is 1980. The SMILES string of the molecule is CC[C@H](C)[C@H](NC(=O)[C@H](Cc1ccc(O)cc1)NC(=O)[C@H](CC(C)C)NC(=O)[C@H](Cc1cnc[nH]1)NC(=O)[C@H](CO)NC(=O)[C@@H](NC(=O)[C@@H]1CCCN1C(=O)[C@@H](N)C(C)C)[C@@H](C)CC)C(=O)O. The molecule has 12 N–H and O–H groups in total. The number of carboxylic acid groups (broad SMARTS) is 1. The second kappa shape index (κ2) is 26.3. The van der Waals surface area contributed by atoms with Crippen molar-refractivity contribution >= 4 is 47.3 Å². The van der Waals surface area contributed by atoms with Crippen LogP contribution in [0.1, 0.15) is 98.8 Å². The first-order valence-electron chi connectivity index (χ1n) is 23.1. The Hall–Kier alpha value is -6.09. The number of phenolic OH excluding ortho intramolecular Hbond substituents is 1. The molecule has 21 heteroatoms. The number of rotatable bonds is 26. The molecule has 1 saturated heterocycles. The highest BCUT2D eigenvalue weighted by atomic mass is 16.4. The molecule has 1 aliphatic heterocycles. The molecule has 3 rings (SSSR count). The normalized spacial score (nSPS) is 17.7. The van der Waals surface area contributed by atoms with Gasteiger partial charge < -0.3 is 62.8 Å². The zero-order valence-corrected chi connectivity index (χ0v) is 39.8. The molecule has 7 amide bonds. The largest absolute Gasteiger partial charge is 0.508 e. The molecule has 67 heavy (non-hydrogen) atoms. The highest BCUT2D eigenvalue weighted by molar-refractivity contribution is 5.98. The minimum atomic E-state index is -1.61. The number of carbonyl (C=O) groups is 8. The van der Waals surface area contributed by atoms with E-state index in [1.165, 1.54) is 29.6 Å². The van der Waals surface area contributed by atoms with Crippen LogP contribution < -0.4 is 37.6 Å². The summed E-state index contributed by atoms with van der Waals surface area (Å²) in [5, 5.41) is 45.9. The number of aromatic amines is 1. The summed E-state index contributed by atoms with van der Waals surface area (Å²) in [7, 11) is 0. The van der Waals surface area contributed by atoms with Gasteiger partial charge in [-0.15, -0.1) is 0 Å². The van der Waals surface area contributed by atoms with Crippen molar-refractivity contribution in [3.05, 3.63) is 48.0 Å². The van der Waals surface area contributed by atoms with Crippen LogP contribution in [0.25, 0.3) is 0 Å². The Morgan fingerprint density at radius 2 is 1.28 bits per heavy atom. The van der Waals surface area contributed by atoms with Crippen molar-refractivity contribution in [2.75, 3.05) is 13.2 Å². The van der Waals surface area contributed by atoms with E-state index >= 15 is 0 Å². The van der Waals surface area contributed by atoms with E-state index in [2.05, 4.69) is 41.9 Å². The van der Waals surface area contributed by atoms with E-state index in [0.29, 0.717) is 43.5 Å². The Balaban J connectivity index is 1.85. The number of nitrogens with zero attached hydrogens (tertiary/aromatic N) is 2. The highest BCUT2D eigenvalue weighted by Gasteiger charge is 2.40. The van der Waals surface area contributed by atoms with Gasteiger partial charge in [-0.2, -0.15) is 0 Å². The van der Waals surface area contributed by atoms with Crippen LogP contribution in [0, 0.1) is 23.7 Å². The lowest BCUT2D eigenvalue weighted by Gasteiger charge is -2.31. The van der Waals surface area contributed by atoms with E-state index in [1.807, 2.05) is 0 Å². The third-order valence-electron chi connectivity index (χ3n) is 12.2. The molecule has 1 aromatic carbocycles. The smallest absolute Gasteiger partial charge is 0.326 e. The zero-order valence-electron chi connectivity index (χ0n) is 39.8. The van der Waals surface area contributed by atoms with Crippen LogP contribution in [0.15, 0.2) is 36.8 Å². The number of hydrogen-bond donors (Lipinski definition) is 11. The number of hydrogen-bond acceptors (Lipinski definition) is 12. The Morgan fingerprint density at radius 1 is 0.746 bits per heavy atom. The van der Waals surface area contributed by atoms with Crippen LogP contribution in [0.2, 0.25) is 0 Å². The molecule has 2 heterocycles. The number of aliphatic hydroxyl groups excluding tert-OH is 1. The summed E-state index contributed by atoms with van der Waals surface area (Å²) in [6, 6.07) is -3.88. The topological polar surface area (TPSA) is 327 Å². The maximum Gasteiger partial charge on any atom is 0.326 e. The van der Waals surface area contributed by atoms with Crippen LogP contribution >= 0.6 is 0 Å². The molecule has 0 saturated carbocycles. The molecule has 0 unspecified atom stereocenters. The average Bonchev–Trinajstić information content (AvgIpc) is 4.01. The number of carboxylic acids is 1. The van der Waals surface area contributed by atoms with Crippen LogP contribution in [-0.4, -0.2) is 139 Å². The van der Waals surface area contributed by atoms with Crippen LogP contribution in [0.3, 0.4) is 0 Å². The number of aromatic nitrogens is 2. The lowest BCUT2D eigenvalue weighted by molar-refractivity contribution is -0.144. The Kier molecular flexibility index (Phi) is 21.7. The van der Waals surface area contributed by atoms with Gasteiger partial charge >= 0.3 is 5.97 Å². The van der Waals surface area contributed by atoms with E-state index in [4.69, 9.17) is 5.73 Å². The minimum absolute atomic E-state index is 0.0333. The Labute approximate surface area is 391 Å². The number of aromatic hydroxyl groups is 1. The van der Waals surface area contributed by atoms with E-state index in [1.54, 1.807) is 67.5 Å². The van der Waals surface area contributed by atoms with Crippen LogP contribution in [-0.2, 0) is 51.2 Å². The van der Waals surface area contributed by atoms with Gasteiger partial charge in [-0.25, -0.2) is 9.78 Å². The third kappa shape index (κ3) is 16.3. The second-order valence-corrected chi connectivity index (χ2v) is 18.2. The van der Waals surface area contributed by atoms with Crippen molar-refractivity contribution in [2.45, 2.75) is 149 Å². The lowest BCUT2D eigenvalue weighted by Crippen LogP contribution is -2.62. The van der Waals surface area contributed by atoms with Crippen molar-refractivity contribution in [3.63, 3.8) is 0 Å². The number of aliphatic hydroxyl groups is 1. The van der Waals surface area contributed by atoms with Gasteiger partial charge in [0.1, 0.15) is 48.0 Å². The molecule has 1 fully saturated rings. The maximum atomic E-state index is 14.2. The standard InChI is InChI=1S/C46H72N10O11/c1-9-26(7)37(54-43(63)35-12-11-17-56(35)45(65)36(47)25(5)6)44(64)53-34(22-57)42(62)52-33(20-29-21-48-23-49-29)40(60)50-31(18-24(3)4)39(59)51-32(19-28-13-15-30(58)16-14-28)41(61)55-38(46(66)67)27(8)10-2/h13-16,21,23-27,31-38,57-58H,9-12,17-20,22,47H2,1-8H3,(H,48,49)(H,50,60)(H,51,59)(H,52,62)(H,53,64)(H,54,63)(H,55,61)(H,66,67)/t26-,27-,31-,32-,33-,34-,35-,36-,37-,38-/m0/s1. The van der Waals surface area contributed by atoms with Crippen molar-refractivity contribution < 1.29 is 53.7 Å². The fourth-order valence-corrected chi connectivity index (χ4v) is 7.55. The Morgan fingerprint density at radius 3 is 1.82 bits per heavy atom. The van der Waals surface area contributed by atoms with Crippen LogP contribution in [0.4, 0.5) is 0 Å². The van der Waals surface area contributed by atoms with Crippen molar-refractivity contribution in [3.8, 4) is 5.75 Å². The quantitative estimate of drug-likeness (QED) is 0.0593. The number of H-pyrrole nitrogens is 1. The highest BCUT2D eigenvalue weighted by Crippen LogP contribution is 2.21. The number of likely N-dealkylation sites (tertiary alicyclic amines) is 1. The first-order chi connectivity index (χ1) is 31.6. The molecule has 10 atom stereocenters. The summed E-state index contributed by atoms with van der Waals surface area (Å²) in [6.45, 7) is 13.6. The monoisotopic (exact) mass is 941 g/mol. The summed E-state index contributed by atoms with van der Waals surface area (Å²) in [5.74, 6) is -7.67. The number of aliphatic carboxylic acids is 1. The molecule has 372 valence electrons. The molecule has 1 aliphatic rings. The van der Waals surface area contributed by atoms with Gasteiger partial charge in [0.05, 0.1) is 19.0 Å². The first kappa shape index (κ1) is 55.2. The van der Waals surface area contributed by atoms with Crippen molar-refractivity contribution in [2.24, 2.45) is 29.4 Å². The fraction of sp³-hybridized carbons (Fsp3) is 0.630. The molecular weight excluding hydrogens is 869 g/mol. The maximum absolute atomic E-state index is 14.2. The number of benzene rings is 1. The number of carbonyl (C=O) groups excluding carboxylic acids is 7. The van der Waals surface area contributed by atoms with Crippen molar-refractivity contribution in [1.82, 2.24) is 46.8 Å². The van der Waals surface area contributed by atoms with E-state index in [0.717, 1.165) is 0 Å². The van der Waals surface area contributed by atoms with Crippen molar-refractivity contribution in [1.29, 1.82) is 0 Å². The molecule has 0 radical (unpaired) electrons. The number of imidazole rings is 1. The summed E-state index contributed by atoms with van der Waals surface area (Å²) in [4.78, 5) is 117. The fourth-order valence-electron chi connectivity index (χ4n) is 7.55. The molecule has 1 aromatic heterocycles. The van der Waals surface area contributed by atoms with Crippen LogP contribution in [0.5, 0.6) is 5.75 Å². The van der Waals surface area contributed by atoms with E-state index in [-0.39, 0.29) is 42.8 Å². The minimum Gasteiger partial charge on any atom is -0.508 e. The van der Waals surface area contributed by atoms with Gasteiger partial charge in [0.15, 0.2) is 0 Å². The van der Waals surface area contributed by atoms with Gasteiger partial charge in [0.2, 0.25) is 41.4 Å². The van der Waals surface area contributed by atoms with E-state index in [9.17, 15) is 53.7 Å². The predicted octanol–water partition coefficient (Wildman–Crippen LogP) is -0.00120. The number of nitrogens with two attached hydrogens (primary N) is 1. The molecule has 0 bridgehead atoms. The van der Waals surface area contributed by atoms with Gasteiger partial charge in [-0.3, -0.25) is 33.6 Å². The molecule has 0 spiro atoms.